The molecule has 7 heteroatoms. The fourth-order valence-corrected chi connectivity index (χ4v) is 2.43. The summed E-state index contributed by atoms with van der Waals surface area (Å²) in [6.07, 6.45) is 1.56. The molecule has 2 aromatic rings. The minimum atomic E-state index is -0.330. The first-order valence-corrected chi connectivity index (χ1v) is 7.02. The molecule has 1 amide bonds. The second-order valence-corrected chi connectivity index (χ2v) is 5.15. The zero-order valence-corrected chi connectivity index (χ0v) is 12.2. The summed E-state index contributed by atoms with van der Waals surface area (Å²) >= 11 is 0. The Morgan fingerprint density at radius 2 is 2.27 bits per heavy atom. The van der Waals surface area contributed by atoms with Crippen molar-refractivity contribution in [3.8, 4) is 0 Å². The van der Waals surface area contributed by atoms with E-state index in [1.54, 1.807) is 11.1 Å². The molecule has 1 atom stereocenters. The van der Waals surface area contributed by atoms with Gasteiger partial charge in [0.2, 0.25) is 0 Å². The average molecular weight is 300 g/mol. The van der Waals surface area contributed by atoms with Gasteiger partial charge in [0.1, 0.15) is 11.8 Å². The molecule has 1 aliphatic heterocycles. The summed E-state index contributed by atoms with van der Waals surface area (Å²) in [5.74, 6) is -0.213. The molecular formula is C15H16N4O3. The topological polar surface area (TPSA) is 88.2 Å². The highest BCUT2D eigenvalue weighted by Crippen LogP contribution is 2.23. The van der Waals surface area contributed by atoms with Crippen LogP contribution in [0.3, 0.4) is 0 Å². The van der Waals surface area contributed by atoms with Crippen LogP contribution in [0.1, 0.15) is 27.8 Å². The summed E-state index contributed by atoms with van der Waals surface area (Å²) in [7, 11) is 0. The Kier molecular flexibility index (Phi) is 3.97. The van der Waals surface area contributed by atoms with Crippen LogP contribution in [-0.2, 0) is 4.74 Å². The van der Waals surface area contributed by atoms with Crippen molar-refractivity contribution in [3.63, 3.8) is 0 Å². The van der Waals surface area contributed by atoms with E-state index in [0.29, 0.717) is 19.7 Å². The molecule has 0 aliphatic carbocycles. The minimum absolute atomic E-state index is 0.179. The van der Waals surface area contributed by atoms with E-state index >= 15 is 0 Å². The molecule has 0 saturated carbocycles. The molecule has 0 spiro atoms. The Balaban J connectivity index is 1.76. The Morgan fingerprint density at radius 1 is 1.41 bits per heavy atom. The van der Waals surface area contributed by atoms with Crippen molar-refractivity contribution in [1.29, 1.82) is 0 Å². The number of morpholine rings is 1. The maximum absolute atomic E-state index is 12.4. The molecule has 0 radical (unpaired) electrons. The van der Waals surface area contributed by atoms with Crippen molar-refractivity contribution >= 4 is 5.91 Å². The lowest BCUT2D eigenvalue weighted by Gasteiger charge is -2.33. The van der Waals surface area contributed by atoms with Gasteiger partial charge in [-0.2, -0.15) is 5.10 Å². The molecule has 1 aliphatic rings. The van der Waals surface area contributed by atoms with Crippen LogP contribution < -0.4 is 5.56 Å². The Bertz CT molecular complexity index is 723. The number of aryl methyl sites for hydroxylation is 1. The largest absolute Gasteiger partial charge is 0.370 e. The highest BCUT2D eigenvalue weighted by molar-refractivity contribution is 5.92. The predicted octanol–water partition coefficient (Wildman–Crippen LogP) is 0.687. The number of pyridine rings is 1. The standard InChI is InChI=1S/C15H16N4O3/c1-10-8-11(4-5-16-10)13-9-19(6-7-22-13)15(21)12-2-3-14(20)18-17-12/h2-5,8,13H,6-7,9H2,1H3,(H,18,20)/t13-/m1/s1. The summed E-state index contributed by atoms with van der Waals surface area (Å²) in [6, 6.07) is 6.58. The number of hydrogen-bond acceptors (Lipinski definition) is 5. The van der Waals surface area contributed by atoms with Crippen LogP contribution in [0, 0.1) is 6.92 Å². The van der Waals surface area contributed by atoms with Gasteiger partial charge in [-0.05, 0) is 30.7 Å². The monoisotopic (exact) mass is 300 g/mol. The number of nitrogens with one attached hydrogen (secondary N) is 1. The van der Waals surface area contributed by atoms with E-state index in [2.05, 4.69) is 15.2 Å². The van der Waals surface area contributed by atoms with Crippen molar-refractivity contribution < 1.29 is 9.53 Å². The predicted molar refractivity (Wildman–Crippen MR) is 78.4 cm³/mol. The van der Waals surface area contributed by atoms with E-state index in [9.17, 15) is 9.59 Å². The zero-order valence-electron chi connectivity index (χ0n) is 12.2. The summed E-state index contributed by atoms with van der Waals surface area (Å²) in [5, 5.41) is 6.06. The van der Waals surface area contributed by atoms with Gasteiger partial charge in [0.25, 0.3) is 11.5 Å². The number of hydrogen-bond donors (Lipinski definition) is 1. The zero-order chi connectivity index (χ0) is 15.5. The number of carbonyl (C=O) groups excluding carboxylic acids is 1. The van der Waals surface area contributed by atoms with Gasteiger partial charge in [-0.15, -0.1) is 0 Å². The van der Waals surface area contributed by atoms with Crippen LogP contribution >= 0.6 is 0 Å². The van der Waals surface area contributed by atoms with E-state index in [4.69, 9.17) is 4.74 Å². The van der Waals surface area contributed by atoms with Gasteiger partial charge in [0.15, 0.2) is 0 Å². The third-order valence-electron chi connectivity index (χ3n) is 3.54. The lowest BCUT2D eigenvalue weighted by atomic mass is 10.1. The Morgan fingerprint density at radius 3 is 3.00 bits per heavy atom. The van der Waals surface area contributed by atoms with Gasteiger partial charge < -0.3 is 9.64 Å². The van der Waals surface area contributed by atoms with E-state index in [0.717, 1.165) is 11.3 Å². The smallest absolute Gasteiger partial charge is 0.274 e. The number of ether oxygens (including phenoxy) is 1. The van der Waals surface area contributed by atoms with Crippen LogP contribution in [0.25, 0.3) is 0 Å². The first-order chi connectivity index (χ1) is 10.6. The van der Waals surface area contributed by atoms with E-state index < -0.39 is 0 Å². The summed E-state index contributed by atoms with van der Waals surface area (Å²) in [4.78, 5) is 29.3. The number of aromatic amines is 1. The molecule has 1 saturated heterocycles. The molecule has 0 bridgehead atoms. The quantitative estimate of drug-likeness (QED) is 0.881. The van der Waals surface area contributed by atoms with E-state index in [-0.39, 0.29) is 23.3 Å². The maximum atomic E-state index is 12.4. The van der Waals surface area contributed by atoms with Gasteiger partial charge in [0.05, 0.1) is 13.2 Å². The van der Waals surface area contributed by atoms with Gasteiger partial charge in [-0.3, -0.25) is 14.6 Å². The molecule has 1 N–H and O–H groups in total. The third kappa shape index (κ3) is 3.04. The van der Waals surface area contributed by atoms with Crippen molar-refractivity contribution in [2.24, 2.45) is 0 Å². The number of nitrogens with zero attached hydrogens (tertiary/aromatic N) is 3. The van der Waals surface area contributed by atoms with Crippen LogP contribution in [-0.4, -0.2) is 45.7 Å². The number of H-pyrrole nitrogens is 1. The number of aromatic nitrogens is 3. The minimum Gasteiger partial charge on any atom is -0.370 e. The second-order valence-electron chi connectivity index (χ2n) is 5.15. The van der Waals surface area contributed by atoms with E-state index in [1.807, 2.05) is 19.1 Å². The fraction of sp³-hybridized carbons (Fsp3) is 0.333. The summed E-state index contributed by atoms with van der Waals surface area (Å²) < 4.78 is 5.75. The molecule has 1 fully saturated rings. The molecule has 114 valence electrons. The molecule has 7 nitrogen and oxygen atoms in total. The number of carbonyl (C=O) groups is 1. The summed E-state index contributed by atoms with van der Waals surface area (Å²) in [5.41, 5.74) is 1.81. The number of rotatable bonds is 2. The van der Waals surface area contributed by atoms with Gasteiger partial charge in [-0.1, -0.05) is 0 Å². The van der Waals surface area contributed by atoms with Crippen molar-refractivity contribution in [2.45, 2.75) is 13.0 Å². The highest BCUT2D eigenvalue weighted by atomic mass is 16.5. The Hall–Kier alpha value is -2.54. The van der Waals surface area contributed by atoms with Gasteiger partial charge in [-0.25, -0.2) is 5.10 Å². The molecule has 0 aromatic carbocycles. The fourth-order valence-electron chi connectivity index (χ4n) is 2.43. The molecule has 3 heterocycles. The normalized spacial score (nSPS) is 18.2. The van der Waals surface area contributed by atoms with Crippen LogP contribution in [0.2, 0.25) is 0 Å². The maximum Gasteiger partial charge on any atom is 0.274 e. The molecule has 2 aromatic heterocycles. The van der Waals surface area contributed by atoms with Crippen LogP contribution in [0.4, 0.5) is 0 Å². The molecule has 22 heavy (non-hydrogen) atoms. The summed E-state index contributed by atoms with van der Waals surface area (Å²) in [6.45, 7) is 3.32. The lowest BCUT2D eigenvalue weighted by Crippen LogP contribution is -2.42. The molecule has 0 unspecified atom stereocenters. The van der Waals surface area contributed by atoms with Gasteiger partial charge in [0, 0.05) is 24.5 Å². The van der Waals surface area contributed by atoms with Gasteiger partial charge >= 0.3 is 0 Å². The first kappa shape index (κ1) is 14.4. The molecule has 3 rings (SSSR count). The average Bonchev–Trinajstić information content (AvgIpc) is 2.55. The number of amides is 1. The van der Waals surface area contributed by atoms with Crippen molar-refractivity contribution in [3.05, 3.63) is 57.8 Å². The first-order valence-electron chi connectivity index (χ1n) is 7.02. The van der Waals surface area contributed by atoms with Crippen LogP contribution in [0.5, 0.6) is 0 Å². The SMILES string of the molecule is Cc1cc([C@H]2CN(C(=O)c3ccc(=O)[nH]n3)CCO2)ccn1. The third-order valence-corrected chi connectivity index (χ3v) is 3.54. The van der Waals surface area contributed by atoms with Crippen molar-refractivity contribution in [1.82, 2.24) is 20.1 Å². The second kappa shape index (κ2) is 6.07. The van der Waals surface area contributed by atoms with Crippen LogP contribution in [0.15, 0.2) is 35.3 Å². The lowest BCUT2D eigenvalue weighted by molar-refractivity contribution is -0.0231. The van der Waals surface area contributed by atoms with Crippen molar-refractivity contribution in [2.75, 3.05) is 19.7 Å². The van der Waals surface area contributed by atoms with E-state index in [1.165, 1.54) is 12.1 Å². The highest BCUT2D eigenvalue weighted by Gasteiger charge is 2.27. The molecular weight excluding hydrogens is 284 g/mol. The Labute approximate surface area is 126 Å².